The topological polar surface area (TPSA) is 113 Å². The first-order valence-corrected chi connectivity index (χ1v) is 8.87. The molecule has 1 fully saturated rings. The number of aromatic carboxylic acids is 1. The number of carbonyl (C=O) groups is 3. The number of carbonyl (C=O) groups excluding carboxylic acids is 2. The van der Waals surface area contributed by atoms with Crippen molar-refractivity contribution >= 4 is 23.7 Å². The second kappa shape index (κ2) is 7.85. The number of nitrogens with zero attached hydrogens (tertiary/aromatic N) is 2. The maximum absolute atomic E-state index is 12.4. The minimum atomic E-state index is -1.08. The van der Waals surface area contributed by atoms with Crippen LogP contribution in [0.5, 0.6) is 0 Å². The summed E-state index contributed by atoms with van der Waals surface area (Å²) in [5.41, 5.74) is 5.64. The molecule has 2 rings (SSSR count). The third-order valence-corrected chi connectivity index (χ3v) is 4.49. The minimum absolute atomic E-state index is 0.0710. The van der Waals surface area contributed by atoms with E-state index in [-0.39, 0.29) is 23.3 Å². The Hall–Kier alpha value is -2.77. The smallest absolute Gasteiger partial charge is 0.410 e. The van der Waals surface area contributed by atoms with Crippen LogP contribution in [-0.2, 0) is 4.74 Å². The number of amides is 2. The molecule has 1 saturated heterocycles. The highest BCUT2D eigenvalue weighted by Gasteiger charge is 2.30. The van der Waals surface area contributed by atoms with Gasteiger partial charge in [-0.15, -0.1) is 0 Å². The SMILES string of the molecule is CN(c1cc(C(=O)O)ccc1C(N)=O)[C@@H]1CCCN(C(=O)OC(C)(C)C)C1. The standard InChI is InChI=1S/C19H27N3O5/c1-19(2,3)27-18(26)22-9-5-6-13(11-22)21(4)15-10-12(17(24)25)7-8-14(15)16(20)23/h7-8,10,13H,5-6,9,11H2,1-4H3,(H2,20,23)(H,24,25)/t13-/m1/s1. The highest BCUT2D eigenvalue weighted by Crippen LogP contribution is 2.27. The van der Waals surface area contributed by atoms with Gasteiger partial charge in [0.2, 0.25) is 0 Å². The molecule has 2 amide bonds. The summed E-state index contributed by atoms with van der Waals surface area (Å²) in [4.78, 5) is 38.9. The van der Waals surface area contributed by atoms with E-state index in [4.69, 9.17) is 10.5 Å². The molecule has 1 aliphatic rings. The van der Waals surface area contributed by atoms with E-state index in [1.807, 2.05) is 25.7 Å². The molecule has 0 aromatic heterocycles. The molecule has 1 atom stereocenters. The van der Waals surface area contributed by atoms with E-state index in [0.717, 1.165) is 12.8 Å². The predicted octanol–water partition coefficient (Wildman–Crippen LogP) is 2.32. The van der Waals surface area contributed by atoms with Crippen LogP contribution in [0.1, 0.15) is 54.3 Å². The Morgan fingerprint density at radius 2 is 1.96 bits per heavy atom. The minimum Gasteiger partial charge on any atom is -0.478 e. The van der Waals surface area contributed by atoms with Gasteiger partial charge in [0.05, 0.1) is 16.8 Å². The number of primary amides is 1. The number of likely N-dealkylation sites (N-methyl/N-ethyl adjacent to an activating group) is 1. The van der Waals surface area contributed by atoms with Crippen LogP contribution < -0.4 is 10.6 Å². The second-order valence-corrected chi connectivity index (χ2v) is 7.73. The molecule has 0 unspecified atom stereocenters. The quantitative estimate of drug-likeness (QED) is 0.832. The van der Waals surface area contributed by atoms with Crippen LogP contribution in [0.2, 0.25) is 0 Å². The van der Waals surface area contributed by atoms with E-state index in [9.17, 15) is 19.5 Å². The van der Waals surface area contributed by atoms with Crippen molar-refractivity contribution in [3.05, 3.63) is 29.3 Å². The zero-order chi connectivity index (χ0) is 20.4. The lowest BCUT2D eigenvalue weighted by Gasteiger charge is -2.39. The Labute approximate surface area is 158 Å². The number of carboxylic acids is 1. The zero-order valence-corrected chi connectivity index (χ0v) is 16.2. The predicted molar refractivity (Wildman–Crippen MR) is 101 cm³/mol. The Morgan fingerprint density at radius 3 is 2.52 bits per heavy atom. The Balaban J connectivity index is 2.25. The van der Waals surface area contributed by atoms with Gasteiger partial charge in [-0.25, -0.2) is 9.59 Å². The fourth-order valence-corrected chi connectivity index (χ4v) is 3.12. The van der Waals surface area contributed by atoms with Gasteiger partial charge >= 0.3 is 12.1 Å². The van der Waals surface area contributed by atoms with Gasteiger partial charge in [-0.1, -0.05) is 0 Å². The third-order valence-electron chi connectivity index (χ3n) is 4.49. The molecule has 8 heteroatoms. The van der Waals surface area contributed by atoms with Crippen molar-refractivity contribution in [1.29, 1.82) is 0 Å². The lowest BCUT2D eigenvalue weighted by atomic mass is 10.0. The number of rotatable bonds is 4. The third kappa shape index (κ3) is 5.12. The fraction of sp³-hybridized carbons (Fsp3) is 0.526. The molecule has 0 bridgehead atoms. The number of anilines is 1. The number of nitrogens with two attached hydrogens (primary N) is 1. The van der Waals surface area contributed by atoms with E-state index >= 15 is 0 Å². The van der Waals surface area contributed by atoms with Gasteiger partial charge in [0.25, 0.3) is 5.91 Å². The summed E-state index contributed by atoms with van der Waals surface area (Å²) in [6.45, 7) is 6.46. The van der Waals surface area contributed by atoms with Crippen LogP contribution in [0.15, 0.2) is 18.2 Å². The molecule has 8 nitrogen and oxygen atoms in total. The molecule has 3 N–H and O–H groups in total. The fourth-order valence-electron chi connectivity index (χ4n) is 3.12. The summed E-state index contributed by atoms with van der Waals surface area (Å²) in [6.07, 6.45) is 1.19. The van der Waals surface area contributed by atoms with Crippen LogP contribution >= 0.6 is 0 Å². The first-order valence-electron chi connectivity index (χ1n) is 8.87. The molecule has 0 radical (unpaired) electrons. The summed E-state index contributed by atoms with van der Waals surface area (Å²) in [5, 5.41) is 9.25. The van der Waals surface area contributed by atoms with Crippen LogP contribution in [0.3, 0.4) is 0 Å². The van der Waals surface area contributed by atoms with Gasteiger partial charge < -0.3 is 25.4 Å². The van der Waals surface area contributed by atoms with Gasteiger partial charge in [0.15, 0.2) is 0 Å². The van der Waals surface area contributed by atoms with E-state index in [1.54, 1.807) is 11.9 Å². The van der Waals surface area contributed by atoms with Crippen molar-refractivity contribution < 1.29 is 24.2 Å². The van der Waals surface area contributed by atoms with Crippen molar-refractivity contribution in [3.8, 4) is 0 Å². The molecule has 148 valence electrons. The first-order chi connectivity index (χ1) is 12.5. The summed E-state index contributed by atoms with van der Waals surface area (Å²) >= 11 is 0. The molecule has 1 aliphatic heterocycles. The molecule has 0 spiro atoms. The lowest BCUT2D eigenvalue weighted by Crippen LogP contribution is -2.50. The van der Waals surface area contributed by atoms with Gasteiger partial charge in [0, 0.05) is 26.2 Å². The summed E-state index contributed by atoms with van der Waals surface area (Å²) in [7, 11) is 1.77. The number of piperidine rings is 1. The lowest BCUT2D eigenvalue weighted by molar-refractivity contribution is 0.0199. The molecular formula is C19H27N3O5. The largest absolute Gasteiger partial charge is 0.478 e. The van der Waals surface area contributed by atoms with Gasteiger partial charge in [0.1, 0.15) is 5.60 Å². The highest BCUT2D eigenvalue weighted by atomic mass is 16.6. The molecule has 1 heterocycles. The number of hydrogen-bond acceptors (Lipinski definition) is 5. The zero-order valence-electron chi connectivity index (χ0n) is 16.2. The maximum atomic E-state index is 12.4. The van der Waals surface area contributed by atoms with E-state index in [2.05, 4.69) is 0 Å². The molecule has 0 aliphatic carbocycles. The van der Waals surface area contributed by atoms with Crippen molar-refractivity contribution in [2.75, 3.05) is 25.0 Å². The molecule has 27 heavy (non-hydrogen) atoms. The summed E-state index contributed by atoms with van der Waals surface area (Å²) in [5.74, 6) is -1.71. The first kappa shape index (κ1) is 20.5. The monoisotopic (exact) mass is 377 g/mol. The number of ether oxygens (including phenoxy) is 1. The van der Waals surface area contributed by atoms with E-state index in [0.29, 0.717) is 18.8 Å². The summed E-state index contributed by atoms with van der Waals surface area (Å²) in [6, 6.07) is 4.13. The average Bonchev–Trinajstić information content (AvgIpc) is 2.59. The van der Waals surface area contributed by atoms with E-state index in [1.165, 1.54) is 18.2 Å². The van der Waals surface area contributed by atoms with Crippen molar-refractivity contribution in [2.24, 2.45) is 5.73 Å². The molecule has 1 aromatic rings. The van der Waals surface area contributed by atoms with Crippen molar-refractivity contribution in [2.45, 2.75) is 45.3 Å². The van der Waals surface area contributed by atoms with Crippen molar-refractivity contribution in [3.63, 3.8) is 0 Å². The second-order valence-electron chi connectivity index (χ2n) is 7.73. The van der Waals surface area contributed by atoms with Gasteiger partial charge in [-0.2, -0.15) is 0 Å². The molecule has 0 saturated carbocycles. The Morgan fingerprint density at radius 1 is 1.30 bits per heavy atom. The number of carboxylic acid groups (broad SMARTS) is 1. The Kier molecular flexibility index (Phi) is 5.98. The van der Waals surface area contributed by atoms with Crippen LogP contribution in [0, 0.1) is 0 Å². The number of hydrogen-bond donors (Lipinski definition) is 2. The van der Waals surface area contributed by atoms with E-state index < -0.39 is 17.5 Å². The molecule has 1 aromatic carbocycles. The number of benzene rings is 1. The van der Waals surface area contributed by atoms with Crippen LogP contribution in [-0.4, -0.2) is 59.8 Å². The maximum Gasteiger partial charge on any atom is 0.410 e. The number of likely N-dealkylation sites (tertiary alicyclic amines) is 1. The van der Waals surface area contributed by atoms with Gasteiger partial charge in [-0.3, -0.25) is 4.79 Å². The Bertz CT molecular complexity index is 741. The normalized spacial score (nSPS) is 17.3. The highest BCUT2D eigenvalue weighted by molar-refractivity contribution is 6.00. The molecular weight excluding hydrogens is 350 g/mol. The van der Waals surface area contributed by atoms with Crippen LogP contribution in [0.4, 0.5) is 10.5 Å². The average molecular weight is 377 g/mol. The van der Waals surface area contributed by atoms with Gasteiger partial charge in [-0.05, 0) is 51.8 Å². The van der Waals surface area contributed by atoms with Crippen LogP contribution in [0.25, 0.3) is 0 Å². The summed E-state index contributed by atoms with van der Waals surface area (Å²) < 4.78 is 5.44. The van der Waals surface area contributed by atoms with Crippen molar-refractivity contribution in [1.82, 2.24) is 4.90 Å².